The SMILES string of the molecule is CCc1nnc(CNC(=O)CCN2CCN(c3cccc(C)c3)CC2)s1. The molecule has 2 heterocycles. The highest BCUT2D eigenvalue weighted by atomic mass is 32.1. The summed E-state index contributed by atoms with van der Waals surface area (Å²) in [6.45, 7) is 9.49. The topological polar surface area (TPSA) is 61.4 Å². The van der Waals surface area contributed by atoms with Crippen molar-refractivity contribution in [3.8, 4) is 0 Å². The number of carbonyl (C=O) groups excluding carboxylic acids is 1. The Hall–Kier alpha value is -1.99. The Balaban J connectivity index is 1.36. The average Bonchev–Trinajstić information content (AvgIpc) is 3.13. The first-order chi connectivity index (χ1) is 12.6. The van der Waals surface area contributed by atoms with E-state index in [1.807, 2.05) is 0 Å². The molecule has 26 heavy (non-hydrogen) atoms. The Morgan fingerprint density at radius 1 is 1.19 bits per heavy atom. The van der Waals surface area contributed by atoms with Crippen molar-refractivity contribution in [2.75, 3.05) is 37.6 Å². The second kappa shape index (κ2) is 9.09. The van der Waals surface area contributed by atoms with E-state index in [2.05, 4.69) is 63.4 Å². The minimum atomic E-state index is 0.0827. The molecule has 0 radical (unpaired) electrons. The van der Waals surface area contributed by atoms with Gasteiger partial charge in [-0.05, 0) is 31.0 Å². The fourth-order valence-electron chi connectivity index (χ4n) is 3.08. The third-order valence-electron chi connectivity index (χ3n) is 4.64. The highest BCUT2D eigenvalue weighted by molar-refractivity contribution is 7.11. The van der Waals surface area contributed by atoms with Crippen molar-refractivity contribution in [3.63, 3.8) is 0 Å². The first-order valence-electron chi connectivity index (χ1n) is 9.26. The molecule has 6 nitrogen and oxygen atoms in total. The quantitative estimate of drug-likeness (QED) is 0.806. The van der Waals surface area contributed by atoms with Gasteiger partial charge >= 0.3 is 0 Å². The van der Waals surface area contributed by atoms with Gasteiger partial charge in [0.05, 0.1) is 6.54 Å². The second-order valence-corrected chi connectivity index (χ2v) is 7.78. The lowest BCUT2D eigenvalue weighted by Gasteiger charge is -2.36. The number of aromatic nitrogens is 2. The van der Waals surface area contributed by atoms with Crippen LogP contribution in [-0.4, -0.2) is 53.7 Å². The van der Waals surface area contributed by atoms with Crippen LogP contribution in [0.15, 0.2) is 24.3 Å². The Morgan fingerprint density at radius 2 is 1.96 bits per heavy atom. The summed E-state index contributed by atoms with van der Waals surface area (Å²) in [5, 5.41) is 13.0. The fraction of sp³-hybridized carbons (Fsp3) is 0.526. The van der Waals surface area contributed by atoms with Gasteiger partial charge in [-0.3, -0.25) is 9.69 Å². The van der Waals surface area contributed by atoms with Crippen molar-refractivity contribution in [1.82, 2.24) is 20.4 Å². The minimum absolute atomic E-state index is 0.0827. The zero-order chi connectivity index (χ0) is 18.4. The molecule has 1 amide bonds. The monoisotopic (exact) mass is 373 g/mol. The molecule has 0 bridgehead atoms. The highest BCUT2D eigenvalue weighted by Gasteiger charge is 2.18. The Morgan fingerprint density at radius 3 is 2.65 bits per heavy atom. The number of benzene rings is 1. The van der Waals surface area contributed by atoms with Gasteiger partial charge in [0, 0.05) is 44.8 Å². The zero-order valence-corrected chi connectivity index (χ0v) is 16.4. The van der Waals surface area contributed by atoms with Crippen LogP contribution in [-0.2, 0) is 17.8 Å². The third kappa shape index (κ3) is 5.25. The summed E-state index contributed by atoms with van der Waals surface area (Å²) in [5.41, 5.74) is 2.59. The molecule has 0 saturated carbocycles. The van der Waals surface area contributed by atoms with Crippen molar-refractivity contribution in [1.29, 1.82) is 0 Å². The first kappa shape index (κ1) is 18.8. The maximum absolute atomic E-state index is 12.1. The van der Waals surface area contributed by atoms with E-state index >= 15 is 0 Å². The van der Waals surface area contributed by atoms with Gasteiger partial charge in [-0.15, -0.1) is 10.2 Å². The van der Waals surface area contributed by atoms with Crippen molar-refractivity contribution in [2.45, 2.75) is 33.2 Å². The molecule has 1 fully saturated rings. The van der Waals surface area contributed by atoms with Gasteiger partial charge in [0.25, 0.3) is 0 Å². The van der Waals surface area contributed by atoms with E-state index in [9.17, 15) is 4.79 Å². The number of rotatable bonds is 7. The molecule has 0 unspecified atom stereocenters. The molecule has 0 spiro atoms. The normalized spacial score (nSPS) is 15.2. The van der Waals surface area contributed by atoms with E-state index in [1.54, 1.807) is 11.3 Å². The molecule has 1 saturated heterocycles. The number of piperazine rings is 1. The lowest BCUT2D eigenvalue weighted by Crippen LogP contribution is -2.47. The van der Waals surface area contributed by atoms with E-state index in [-0.39, 0.29) is 5.91 Å². The molecule has 1 aliphatic heterocycles. The summed E-state index contributed by atoms with van der Waals surface area (Å²) in [4.78, 5) is 16.9. The third-order valence-corrected chi connectivity index (χ3v) is 5.71. The molecular weight excluding hydrogens is 346 g/mol. The summed E-state index contributed by atoms with van der Waals surface area (Å²) in [6.07, 6.45) is 1.42. The van der Waals surface area contributed by atoms with Crippen molar-refractivity contribution in [2.24, 2.45) is 0 Å². The van der Waals surface area contributed by atoms with Crippen LogP contribution in [0.1, 0.15) is 28.9 Å². The van der Waals surface area contributed by atoms with E-state index < -0.39 is 0 Å². The standard InChI is InChI=1S/C19H27N5OS/c1-3-18-21-22-19(26-18)14-20-17(25)7-8-23-9-11-24(12-10-23)16-6-4-5-15(2)13-16/h4-6,13H,3,7-12,14H2,1-2H3,(H,20,25). The number of hydrogen-bond acceptors (Lipinski definition) is 6. The Labute approximate surface area is 159 Å². The number of nitrogens with zero attached hydrogens (tertiary/aromatic N) is 4. The summed E-state index contributed by atoms with van der Waals surface area (Å²) in [7, 11) is 0. The van der Waals surface area contributed by atoms with Gasteiger partial charge in [-0.25, -0.2) is 0 Å². The van der Waals surface area contributed by atoms with Crippen LogP contribution in [0, 0.1) is 6.92 Å². The molecule has 2 aromatic rings. The van der Waals surface area contributed by atoms with Crippen molar-refractivity contribution < 1.29 is 4.79 Å². The lowest BCUT2D eigenvalue weighted by atomic mass is 10.2. The van der Waals surface area contributed by atoms with Crippen LogP contribution in [0.4, 0.5) is 5.69 Å². The zero-order valence-electron chi connectivity index (χ0n) is 15.6. The molecular formula is C19H27N5OS. The Kier molecular flexibility index (Phi) is 6.57. The van der Waals surface area contributed by atoms with Crippen LogP contribution >= 0.6 is 11.3 Å². The summed E-state index contributed by atoms with van der Waals surface area (Å²) >= 11 is 1.57. The van der Waals surface area contributed by atoms with Crippen LogP contribution in [0.5, 0.6) is 0 Å². The van der Waals surface area contributed by atoms with E-state index in [0.29, 0.717) is 13.0 Å². The second-order valence-electron chi connectivity index (χ2n) is 6.64. The summed E-state index contributed by atoms with van der Waals surface area (Å²) in [5.74, 6) is 0.0827. The maximum Gasteiger partial charge on any atom is 0.221 e. The molecule has 0 atom stereocenters. The van der Waals surface area contributed by atoms with Gasteiger partial charge in [0.15, 0.2) is 0 Å². The van der Waals surface area contributed by atoms with Gasteiger partial charge in [0.2, 0.25) is 5.91 Å². The predicted octanol–water partition coefficient (Wildman–Crippen LogP) is 2.24. The molecule has 1 aromatic carbocycles. The van der Waals surface area contributed by atoms with Crippen molar-refractivity contribution in [3.05, 3.63) is 39.8 Å². The van der Waals surface area contributed by atoms with Gasteiger partial charge in [-0.2, -0.15) is 0 Å². The smallest absolute Gasteiger partial charge is 0.221 e. The number of anilines is 1. The van der Waals surface area contributed by atoms with E-state index in [1.165, 1.54) is 11.3 Å². The Bertz CT molecular complexity index is 724. The van der Waals surface area contributed by atoms with Crippen LogP contribution in [0.2, 0.25) is 0 Å². The molecule has 1 aliphatic rings. The molecule has 7 heteroatoms. The number of amides is 1. The van der Waals surface area contributed by atoms with E-state index in [0.717, 1.165) is 49.2 Å². The molecule has 3 rings (SSSR count). The fourth-order valence-corrected chi connectivity index (χ4v) is 3.80. The first-order valence-corrected chi connectivity index (χ1v) is 10.1. The molecule has 1 aromatic heterocycles. The maximum atomic E-state index is 12.1. The van der Waals surface area contributed by atoms with Gasteiger partial charge in [0.1, 0.15) is 10.0 Å². The van der Waals surface area contributed by atoms with Gasteiger partial charge in [-0.1, -0.05) is 30.4 Å². The number of aryl methyl sites for hydroxylation is 2. The number of carbonyl (C=O) groups is 1. The van der Waals surface area contributed by atoms with Gasteiger partial charge < -0.3 is 10.2 Å². The largest absolute Gasteiger partial charge is 0.369 e. The van der Waals surface area contributed by atoms with Crippen LogP contribution in [0.3, 0.4) is 0 Å². The van der Waals surface area contributed by atoms with Crippen LogP contribution < -0.4 is 10.2 Å². The molecule has 140 valence electrons. The summed E-state index contributed by atoms with van der Waals surface area (Å²) < 4.78 is 0. The number of hydrogen-bond donors (Lipinski definition) is 1. The minimum Gasteiger partial charge on any atom is -0.369 e. The molecule has 0 aliphatic carbocycles. The van der Waals surface area contributed by atoms with Crippen molar-refractivity contribution >= 4 is 22.9 Å². The van der Waals surface area contributed by atoms with E-state index in [4.69, 9.17) is 0 Å². The molecule has 1 N–H and O–H groups in total. The highest BCUT2D eigenvalue weighted by Crippen LogP contribution is 2.17. The predicted molar refractivity (Wildman–Crippen MR) is 106 cm³/mol. The average molecular weight is 374 g/mol. The lowest BCUT2D eigenvalue weighted by molar-refractivity contribution is -0.121. The number of nitrogens with one attached hydrogen (secondary N) is 1. The summed E-state index contributed by atoms with van der Waals surface area (Å²) in [6, 6.07) is 8.65. The van der Waals surface area contributed by atoms with Crippen LogP contribution in [0.25, 0.3) is 0 Å².